The van der Waals surface area contributed by atoms with E-state index in [9.17, 15) is 4.79 Å². The lowest BCUT2D eigenvalue weighted by molar-refractivity contribution is 0.0491. The van der Waals surface area contributed by atoms with Gasteiger partial charge in [-0.2, -0.15) is 0 Å². The van der Waals surface area contributed by atoms with Crippen LogP contribution in [0.2, 0.25) is 0 Å². The van der Waals surface area contributed by atoms with Gasteiger partial charge in [-0.3, -0.25) is 4.79 Å². The van der Waals surface area contributed by atoms with Crippen molar-refractivity contribution in [3.05, 3.63) is 29.8 Å². The van der Waals surface area contributed by atoms with E-state index in [0.29, 0.717) is 11.2 Å². The molecule has 3 rings (SSSR count). The number of fused-ring (bicyclic) bond motifs is 1. The van der Waals surface area contributed by atoms with Crippen molar-refractivity contribution in [3.8, 4) is 5.75 Å². The number of hydrogen-bond donors (Lipinski definition) is 0. The van der Waals surface area contributed by atoms with E-state index < -0.39 is 0 Å². The van der Waals surface area contributed by atoms with Crippen LogP contribution < -0.4 is 4.74 Å². The van der Waals surface area contributed by atoms with Gasteiger partial charge in [0, 0.05) is 0 Å². The summed E-state index contributed by atoms with van der Waals surface area (Å²) >= 11 is 3.66. The molecule has 1 fully saturated rings. The maximum atomic E-state index is 12.1. The van der Waals surface area contributed by atoms with Crippen molar-refractivity contribution in [1.29, 1.82) is 0 Å². The number of alkyl halides is 1. The number of carbonyl (C=O) groups excluding carboxylic acids is 1. The third kappa shape index (κ3) is 1.41. The standard InChI is InChI=1S/C13H13BrO2/c14-12-6-3-7-13(12)8-10(15)9-4-1-2-5-11(9)16-13/h1-2,4-5,12H,3,6-8H2. The minimum Gasteiger partial charge on any atom is -0.485 e. The molecule has 2 nitrogen and oxygen atoms in total. The summed E-state index contributed by atoms with van der Waals surface area (Å²) in [6.45, 7) is 0. The highest BCUT2D eigenvalue weighted by Crippen LogP contribution is 2.45. The molecule has 0 radical (unpaired) electrons. The Morgan fingerprint density at radius 2 is 2.19 bits per heavy atom. The van der Waals surface area contributed by atoms with Crippen molar-refractivity contribution in [3.63, 3.8) is 0 Å². The molecule has 1 saturated carbocycles. The third-order valence-corrected chi connectivity index (χ3v) is 4.88. The molecule has 0 amide bonds. The molecule has 1 aliphatic carbocycles. The number of halogens is 1. The van der Waals surface area contributed by atoms with Gasteiger partial charge >= 0.3 is 0 Å². The number of hydrogen-bond acceptors (Lipinski definition) is 2. The van der Waals surface area contributed by atoms with E-state index in [2.05, 4.69) is 15.9 Å². The van der Waals surface area contributed by atoms with Gasteiger partial charge in [-0.1, -0.05) is 28.1 Å². The number of Topliss-reactive ketones (excluding diaryl/α,β-unsaturated/α-hetero) is 1. The quantitative estimate of drug-likeness (QED) is 0.682. The molecule has 3 heteroatoms. The topological polar surface area (TPSA) is 26.3 Å². The summed E-state index contributed by atoms with van der Waals surface area (Å²) in [5.41, 5.74) is 0.450. The lowest BCUT2D eigenvalue weighted by atomic mass is 9.88. The summed E-state index contributed by atoms with van der Waals surface area (Å²) in [4.78, 5) is 12.4. The van der Waals surface area contributed by atoms with Crippen LogP contribution in [0.15, 0.2) is 24.3 Å². The number of rotatable bonds is 0. The van der Waals surface area contributed by atoms with Crippen LogP contribution in [0.3, 0.4) is 0 Å². The average Bonchev–Trinajstić information content (AvgIpc) is 2.60. The minimum absolute atomic E-state index is 0.216. The van der Waals surface area contributed by atoms with Crippen molar-refractivity contribution in [1.82, 2.24) is 0 Å². The summed E-state index contributed by atoms with van der Waals surface area (Å²) < 4.78 is 6.10. The Bertz CT molecular complexity index is 443. The fourth-order valence-electron chi connectivity index (χ4n) is 2.72. The third-order valence-electron chi connectivity index (χ3n) is 3.59. The second kappa shape index (κ2) is 3.59. The van der Waals surface area contributed by atoms with E-state index in [4.69, 9.17) is 4.74 Å². The molecule has 2 atom stereocenters. The first kappa shape index (κ1) is 10.3. The Morgan fingerprint density at radius 1 is 1.38 bits per heavy atom. The molecule has 2 unspecified atom stereocenters. The summed E-state index contributed by atoms with van der Waals surface area (Å²) in [5.74, 6) is 0.971. The van der Waals surface area contributed by atoms with Crippen LogP contribution in [0, 0.1) is 0 Å². The van der Waals surface area contributed by atoms with Gasteiger partial charge in [0.1, 0.15) is 11.4 Å². The van der Waals surface area contributed by atoms with Gasteiger partial charge in [0.25, 0.3) is 0 Å². The SMILES string of the molecule is O=C1CC2(CCCC2Br)Oc2ccccc21. The zero-order chi connectivity index (χ0) is 11.2. The van der Waals surface area contributed by atoms with Crippen LogP contribution in [0.5, 0.6) is 5.75 Å². The molecule has 1 heterocycles. The fourth-order valence-corrected chi connectivity index (χ4v) is 3.53. The molecular formula is C13H13BrO2. The molecule has 1 aromatic carbocycles. The summed E-state index contributed by atoms with van der Waals surface area (Å²) in [7, 11) is 0. The highest BCUT2D eigenvalue weighted by Gasteiger charge is 2.48. The highest BCUT2D eigenvalue weighted by molar-refractivity contribution is 9.09. The van der Waals surface area contributed by atoms with E-state index >= 15 is 0 Å². The number of benzene rings is 1. The van der Waals surface area contributed by atoms with Crippen molar-refractivity contribution in [2.24, 2.45) is 0 Å². The first-order chi connectivity index (χ1) is 7.71. The van der Waals surface area contributed by atoms with Crippen molar-refractivity contribution in [2.45, 2.75) is 36.1 Å². The number of carbonyl (C=O) groups is 1. The highest BCUT2D eigenvalue weighted by atomic mass is 79.9. The second-order valence-corrected chi connectivity index (χ2v) is 5.73. The molecule has 1 aromatic rings. The largest absolute Gasteiger partial charge is 0.485 e. The molecule has 84 valence electrons. The maximum absolute atomic E-state index is 12.1. The smallest absolute Gasteiger partial charge is 0.170 e. The molecule has 0 saturated heterocycles. The molecule has 1 aliphatic heterocycles. The molecular weight excluding hydrogens is 268 g/mol. The molecule has 0 N–H and O–H groups in total. The number of ketones is 1. The minimum atomic E-state index is -0.286. The van der Waals surface area contributed by atoms with Crippen LogP contribution in [0.1, 0.15) is 36.0 Å². The molecule has 1 spiro atoms. The van der Waals surface area contributed by atoms with Gasteiger partial charge in [0.2, 0.25) is 0 Å². The predicted octanol–water partition coefficient (Wildman–Crippen LogP) is 3.34. The first-order valence-electron chi connectivity index (χ1n) is 5.67. The molecule has 0 aromatic heterocycles. The van der Waals surface area contributed by atoms with E-state index in [1.807, 2.05) is 24.3 Å². The van der Waals surface area contributed by atoms with E-state index in [1.54, 1.807) is 0 Å². The van der Waals surface area contributed by atoms with Gasteiger partial charge in [-0.25, -0.2) is 0 Å². The van der Waals surface area contributed by atoms with Crippen molar-refractivity contribution >= 4 is 21.7 Å². The van der Waals surface area contributed by atoms with Gasteiger partial charge in [0.15, 0.2) is 5.78 Å². The van der Waals surface area contributed by atoms with Gasteiger partial charge in [0.05, 0.1) is 16.8 Å². The monoisotopic (exact) mass is 280 g/mol. The van der Waals surface area contributed by atoms with Crippen LogP contribution in [-0.4, -0.2) is 16.2 Å². The van der Waals surface area contributed by atoms with Crippen LogP contribution in [0.4, 0.5) is 0 Å². The normalized spacial score (nSPS) is 32.6. The van der Waals surface area contributed by atoms with Gasteiger partial charge in [-0.05, 0) is 31.4 Å². The first-order valence-corrected chi connectivity index (χ1v) is 6.58. The van der Waals surface area contributed by atoms with Crippen LogP contribution >= 0.6 is 15.9 Å². The Morgan fingerprint density at radius 3 is 2.94 bits per heavy atom. The second-order valence-electron chi connectivity index (χ2n) is 4.62. The van der Waals surface area contributed by atoms with Gasteiger partial charge < -0.3 is 4.74 Å². The Kier molecular flexibility index (Phi) is 2.32. The summed E-state index contributed by atoms with van der Waals surface area (Å²) in [6.07, 6.45) is 3.71. The lowest BCUT2D eigenvalue weighted by Crippen LogP contribution is -2.45. The van der Waals surface area contributed by atoms with Crippen molar-refractivity contribution < 1.29 is 9.53 Å². The molecule has 16 heavy (non-hydrogen) atoms. The van der Waals surface area contributed by atoms with E-state index in [-0.39, 0.29) is 11.4 Å². The Labute approximate surface area is 103 Å². The maximum Gasteiger partial charge on any atom is 0.170 e. The Balaban J connectivity index is 2.03. The number of ether oxygens (including phenoxy) is 1. The summed E-state index contributed by atoms with van der Waals surface area (Å²) in [5, 5.41) is 0. The zero-order valence-electron chi connectivity index (χ0n) is 8.91. The van der Waals surface area contributed by atoms with Crippen LogP contribution in [0.25, 0.3) is 0 Å². The fraction of sp³-hybridized carbons (Fsp3) is 0.462. The summed E-state index contributed by atoms with van der Waals surface area (Å²) in [6, 6.07) is 7.55. The number of para-hydroxylation sites is 1. The molecule has 0 bridgehead atoms. The van der Waals surface area contributed by atoms with Crippen LogP contribution in [-0.2, 0) is 0 Å². The van der Waals surface area contributed by atoms with Gasteiger partial charge in [-0.15, -0.1) is 0 Å². The molecule has 2 aliphatic rings. The van der Waals surface area contributed by atoms with Crippen molar-refractivity contribution in [2.75, 3.05) is 0 Å². The Hall–Kier alpha value is -0.830. The zero-order valence-corrected chi connectivity index (χ0v) is 10.5. The lowest BCUT2D eigenvalue weighted by Gasteiger charge is -2.37. The van der Waals surface area contributed by atoms with E-state index in [1.165, 1.54) is 0 Å². The predicted molar refractivity (Wildman–Crippen MR) is 65.3 cm³/mol. The average molecular weight is 281 g/mol. The van der Waals surface area contributed by atoms with E-state index in [0.717, 1.165) is 30.6 Å².